The molecule has 4 rings (SSSR count). The van der Waals surface area contributed by atoms with Gasteiger partial charge in [-0.2, -0.15) is 5.10 Å². The van der Waals surface area contributed by atoms with E-state index < -0.39 is 0 Å². The lowest BCUT2D eigenvalue weighted by Gasteiger charge is -2.27. The van der Waals surface area contributed by atoms with Gasteiger partial charge in [-0.15, -0.1) is 0 Å². The van der Waals surface area contributed by atoms with Crippen molar-refractivity contribution in [3.05, 3.63) is 30.1 Å². The van der Waals surface area contributed by atoms with Crippen molar-refractivity contribution in [2.45, 2.75) is 31.7 Å². The zero-order chi connectivity index (χ0) is 17.6. The molecular weight excluding hydrogens is 318 g/mol. The molecule has 0 bridgehead atoms. The van der Waals surface area contributed by atoms with Crippen molar-refractivity contribution in [3.63, 3.8) is 0 Å². The summed E-state index contributed by atoms with van der Waals surface area (Å²) in [5.41, 5.74) is 2.48. The summed E-state index contributed by atoms with van der Waals surface area (Å²) in [5, 5.41) is 5.46. The van der Waals surface area contributed by atoms with E-state index >= 15 is 0 Å². The number of hydrazone groups is 1. The van der Waals surface area contributed by atoms with Crippen LogP contribution in [0.25, 0.3) is 11.0 Å². The van der Waals surface area contributed by atoms with Crippen molar-refractivity contribution < 1.29 is 9.59 Å². The lowest BCUT2D eigenvalue weighted by Crippen LogP contribution is -2.40. The number of amides is 2. The zero-order valence-corrected chi connectivity index (χ0v) is 14.5. The molecule has 0 aliphatic carbocycles. The average molecular weight is 339 g/mol. The van der Waals surface area contributed by atoms with Crippen molar-refractivity contribution in [1.82, 2.24) is 19.5 Å². The molecule has 0 N–H and O–H groups in total. The van der Waals surface area contributed by atoms with E-state index in [1.165, 1.54) is 5.01 Å². The third kappa shape index (κ3) is 2.59. The highest BCUT2D eigenvalue weighted by molar-refractivity contribution is 6.39. The first-order valence-electron chi connectivity index (χ1n) is 8.62. The van der Waals surface area contributed by atoms with Gasteiger partial charge < -0.3 is 9.47 Å². The molecule has 25 heavy (non-hydrogen) atoms. The first kappa shape index (κ1) is 15.8. The molecular formula is C18H21N5O2. The number of carbonyl (C=O) groups is 2. The highest BCUT2D eigenvalue weighted by atomic mass is 16.2. The number of hydrogen-bond acceptors (Lipinski definition) is 4. The number of aromatic nitrogens is 2. The van der Waals surface area contributed by atoms with Crippen LogP contribution in [0.1, 0.15) is 37.5 Å². The van der Waals surface area contributed by atoms with Crippen LogP contribution in [0.15, 0.2) is 29.4 Å². The second-order valence-corrected chi connectivity index (χ2v) is 6.64. The number of likely N-dealkylation sites (tertiary alicyclic amines) is 1. The number of aryl methyl sites for hydroxylation is 1. The Hall–Kier alpha value is -2.70. The van der Waals surface area contributed by atoms with Crippen LogP contribution in [0.5, 0.6) is 0 Å². The van der Waals surface area contributed by atoms with Crippen molar-refractivity contribution >= 4 is 28.6 Å². The van der Waals surface area contributed by atoms with Gasteiger partial charge in [-0.3, -0.25) is 9.59 Å². The standard InChI is InChI=1S/C18H21N5O2/c1-21-14-7-4-3-6-12(14)19-17(21)15-8-5-11-23(15)18(25)13-9-10-16(24)22(2)20-13/h3-4,6-7,15H,5,8-11H2,1-2H3/t15-/m1/s1. The Morgan fingerprint density at radius 2 is 2.00 bits per heavy atom. The Balaban J connectivity index is 1.66. The van der Waals surface area contributed by atoms with Gasteiger partial charge >= 0.3 is 0 Å². The van der Waals surface area contributed by atoms with Crippen LogP contribution in [-0.2, 0) is 16.6 Å². The molecule has 7 heteroatoms. The molecule has 130 valence electrons. The summed E-state index contributed by atoms with van der Waals surface area (Å²) in [6, 6.07) is 7.95. The zero-order valence-electron chi connectivity index (χ0n) is 14.5. The first-order valence-corrected chi connectivity index (χ1v) is 8.62. The molecule has 2 aliphatic rings. The number of fused-ring (bicyclic) bond motifs is 1. The minimum absolute atomic E-state index is 0.0458. The van der Waals surface area contributed by atoms with Gasteiger partial charge in [0, 0.05) is 33.5 Å². The van der Waals surface area contributed by atoms with E-state index in [0.29, 0.717) is 25.1 Å². The Morgan fingerprint density at radius 3 is 2.76 bits per heavy atom. The van der Waals surface area contributed by atoms with Crippen LogP contribution in [0, 0.1) is 0 Å². The maximum Gasteiger partial charge on any atom is 0.270 e. The van der Waals surface area contributed by atoms with E-state index in [2.05, 4.69) is 9.67 Å². The smallest absolute Gasteiger partial charge is 0.270 e. The number of carbonyl (C=O) groups excluding carboxylic acids is 2. The summed E-state index contributed by atoms with van der Waals surface area (Å²) >= 11 is 0. The van der Waals surface area contributed by atoms with E-state index in [1.807, 2.05) is 36.2 Å². The van der Waals surface area contributed by atoms with Crippen LogP contribution in [0.4, 0.5) is 0 Å². The highest BCUT2D eigenvalue weighted by Crippen LogP contribution is 2.33. The van der Waals surface area contributed by atoms with Gasteiger partial charge in [0.25, 0.3) is 5.91 Å². The molecule has 3 heterocycles. The highest BCUT2D eigenvalue weighted by Gasteiger charge is 2.36. The van der Waals surface area contributed by atoms with Crippen LogP contribution >= 0.6 is 0 Å². The Bertz CT molecular complexity index is 885. The number of benzene rings is 1. The molecule has 0 saturated carbocycles. The van der Waals surface area contributed by atoms with Crippen molar-refractivity contribution in [3.8, 4) is 0 Å². The van der Waals surface area contributed by atoms with Gasteiger partial charge in [0.1, 0.15) is 11.5 Å². The number of para-hydroxylation sites is 2. The molecule has 1 fully saturated rings. The second-order valence-electron chi connectivity index (χ2n) is 6.64. The van der Waals surface area contributed by atoms with Gasteiger partial charge in [-0.1, -0.05) is 12.1 Å². The average Bonchev–Trinajstić information content (AvgIpc) is 3.22. The quantitative estimate of drug-likeness (QED) is 0.838. The van der Waals surface area contributed by atoms with Crippen LogP contribution in [0.3, 0.4) is 0 Å². The molecule has 2 aliphatic heterocycles. The summed E-state index contributed by atoms with van der Waals surface area (Å²) in [6.45, 7) is 0.698. The fourth-order valence-electron chi connectivity index (χ4n) is 3.73. The van der Waals surface area contributed by atoms with Gasteiger partial charge in [0.15, 0.2) is 0 Å². The lowest BCUT2D eigenvalue weighted by molar-refractivity contribution is -0.130. The summed E-state index contributed by atoms with van der Waals surface area (Å²) in [6.07, 6.45) is 2.59. The fraction of sp³-hybridized carbons (Fsp3) is 0.444. The van der Waals surface area contributed by atoms with E-state index in [0.717, 1.165) is 29.7 Å². The molecule has 0 spiro atoms. The van der Waals surface area contributed by atoms with Crippen LogP contribution < -0.4 is 0 Å². The number of nitrogens with zero attached hydrogens (tertiary/aromatic N) is 5. The van der Waals surface area contributed by atoms with E-state index in [9.17, 15) is 9.59 Å². The van der Waals surface area contributed by atoms with Crippen molar-refractivity contribution in [1.29, 1.82) is 0 Å². The second kappa shape index (κ2) is 5.98. The first-order chi connectivity index (χ1) is 12.1. The third-order valence-corrected chi connectivity index (χ3v) is 5.09. The maximum absolute atomic E-state index is 13.0. The van der Waals surface area contributed by atoms with Gasteiger partial charge in [-0.05, 0) is 25.0 Å². The van der Waals surface area contributed by atoms with Crippen LogP contribution in [-0.4, -0.2) is 50.6 Å². The molecule has 1 aromatic carbocycles. The minimum atomic E-state index is -0.0751. The normalized spacial score (nSPS) is 21.1. The third-order valence-electron chi connectivity index (χ3n) is 5.09. The van der Waals surface area contributed by atoms with Crippen LogP contribution in [0.2, 0.25) is 0 Å². The number of rotatable bonds is 2. The fourth-order valence-corrected chi connectivity index (χ4v) is 3.73. The van der Waals surface area contributed by atoms with E-state index in [4.69, 9.17) is 4.98 Å². The number of hydrogen-bond donors (Lipinski definition) is 0. The summed E-state index contributed by atoms with van der Waals surface area (Å²) < 4.78 is 2.07. The Labute approximate surface area is 145 Å². The van der Waals surface area contributed by atoms with E-state index in [-0.39, 0.29) is 17.9 Å². The Morgan fingerprint density at radius 1 is 1.20 bits per heavy atom. The molecule has 1 atom stereocenters. The molecule has 1 saturated heterocycles. The molecule has 0 radical (unpaired) electrons. The van der Waals surface area contributed by atoms with Crippen molar-refractivity contribution in [2.24, 2.45) is 12.1 Å². The predicted molar refractivity (Wildman–Crippen MR) is 93.8 cm³/mol. The monoisotopic (exact) mass is 339 g/mol. The molecule has 2 amide bonds. The summed E-state index contributed by atoms with van der Waals surface area (Å²) in [5.74, 6) is 0.784. The van der Waals surface area contributed by atoms with Gasteiger partial charge in [0.05, 0.1) is 17.1 Å². The van der Waals surface area contributed by atoms with Gasteiger partial charge in [0.2, 0.25) is 5.91 Å². The predicted octanol–water partition coefficient (Wildman–Crippen LogP) is 1.84. The Kier molecular flexibility index (Phi) is 3.78. The summed E-state index contributed by atoms with van der Waals surface area (Å²) in [7, 11) is 3.60. The van der Waals surface area contributed by atoms with E-state index in [1.54, 1.807) is 7.05 Å². The molecule has 2 aromatic rings. The molecule has 7 nitrogen and oxygen atoms in total. The molecule has 0 unspecified atom stereocenters. The largest absolute Gasteiger partial charge is 0.329 e. The summed E-state index contributed by atoms with van der Waals surface area (Å²) in [4.78, 5) is 31.2. The lowest BCUT2D eigenvalue weighted by atomic mass is 10.1. The molecule has 1 aromatic heterocycles. The SMILES string of the molecule is CN1N=C(C(=O)N2CCC[C@@H]2c2nc3ccccc3n2C)CCC1=O. The topological polar surface area (TPSA) is 70.8 Å². The van der Waals surface area contributed by atoms with Gasteiger partial charge in [-0.25, -0.2) is 9.99 Å². The maximum atomic E-state index is 13.0. The minimum Gasteiger partial charge on any atom is -0.329 e. The number of imidazole rings is 1. The van der Waals surface area contributed by atoms with Crippen molar-refractivity contribution in [2.75, 3.05) is 13.6 Å².